The van der Waals surface area contributed by atoms with Gasteiger partial charge < -0.3 is 0 Å². The highest BCUT2D eigenvalue weighted by Crippen LogP contribution is 2.29. The van der Waals surface area contributed by atoms with E-state index in [1.807, 2.05) is 36.5 Å². The average molecular weight is 419 g/mol. The van der Waals surface area contributed by atoms with Gasteiger partial charge in [0.15, 0.2) is 5.65 Å². The van der Waals surface area contributed by atoms with E-state index in [1.54, 1.807) is 10.7 Å². The van der Waals surface area contributed by atoms with E-state index in [0.29, 0.717) is 13.1 Å². The molecule has 1 aromatic carbocycles. The van der Waals surface area contributed by atoms with Crippen molar-refractivity contribution in [3.8, 4) is 11.3 Å². The van der Waals surface area contributed by atoms with Crippen molar-refractivity contribution in [2.45, 2.75) is 13.0 Å². The van der Waals surface area contributed by atoms with Crippen molar-refractivity contribution < 1.29 is 8.78 Å². The highest BCUT2D eigenvalue weighted by atomic mass is 79.9. The van der Waals surface area contributed by atoms with Gasteiger partial charge in [-0.15, -0.1) is 0 Å². The molecule has 0 saturated carbocycles. The second kappa shape index (κ2) is 7.25. The number of benzene rings is 1. The van der Waals surface area contributed by atoms with Crippen LogP contribution in [0.5, 0.6) is 0 Å². The van der Waals surface area contributed by atoms with Crippen molar-refractivity contribution in [1.29, 1.82) is 0 Å². The Morgan fingerprint density at radius 1 is 1.27 bits per heavy atom. The Bertz CT molecular complexity index is 948. The van der Waals surface area contributed by atoms with E-state index in [0.717, 1.165) is 46.0 Å². The Hall–Kier alpha value is -2.12. The minimum absolute atomic E-state index is 0.0917. The van der Waals surface area contributed by atoms with Crippen molar-refractivity contribution in [1.82, 2.24) is 19.5 Å². The second-order valence-corrected chi connectivity index (χ2v) is 7.38. The Kier molecular flexibility index (Phi) is 4.82. The van der Waals surface area contributed by atoms with E-state index < -0.39 is 6.08 Å². The molecule has 0 spiro atoms. The summed E-state index contributed by atoms with van der Waals surface area (Å²) in [6, 6.07) is 9.84. The quantitative estimate of drug-likeness (QED) is 0.612. The summed E-state index contributed by atoms with van der Waals surface area (Å²) in [6.45, 7) is 2.06. The molecular weight excluding hydrogens is 402 g/mol. The van der Waals surface area contributed by atoms with E-state index >= 15 is 0 Å². The maximum absolute atomic E-state index is 12.5. The van der Waals surface area contributed by atoms with Crippen LogP contribution in [0.2, 0.25) is 0 Å². The van der Waals surface area contributed by atoms with Gasteiger partial charge >= 0.3 is 0 Å². The van der Waals surface area contributed by atoms with Crippen LogP contribution in [-0.2, 0) is 6.54 Å². The highest BCUT2D eigenvalue weighted by Gasteiger charge is 2.25. The zero-order chi connectivity index (χ0) is 18.1. The highest BCUT2D eigenvalue weighted by molar-refractivity contribution is 9.10. The predicted octanol–water partition coefficient (Wildman–Crippen LogP) is 4.76. The normalized spacial score (nSPS) is 17.7. The summed E-state index contributed by atoms with van der Waals surface area (Å²) in [5, 5.41) is 4.70. The molecule has 26 heavy (non-hydrogen) atoms. The average Bonchev–Trinajstić information content (AvgIpc) is 3.20. The van der Waals surface area contributed by atoms with Crippen LogP contribution in [-0.4, -0.2) is 32.6 Å². The van der Waals surface area contributed by atoms with Crippen molar-refractivity contribution >= 4 is 21.6 Å². The van der Waals surface area contributed by atoms with Crippen molar-refractivity contribution in [2.75, 3.05) is 13.1 Å². The molecular formula is C19H17BrF2N4. The molecule has 4 nitrogen and oxygen atoms in total. The van der Waals surface area contributed by atoms with E-state index in [1.165, 1.54) is 0 Å². The summed E-state index contributed by atoms with van der Waals surface area (Å²) < 4.78 is 27.9. The lowest BCUT2D eigenvalue weighted by Crippen LogP contribution is -2.20. The number of hydrogen-bond acceptors (Lipinski definition) is 3. The molecule has 3 heterocycles. The molecule has 134 valence electrons. The number of rotatable bonds is 4. The van der Waals surface area contributed by atoms with Gasteiger partial charge in [0.05, 0.1) is 5.69 Å². The Morgan fingerprint density at radius 3 is 2.85 bits per heavy atom. The smallest absolute Gasteiger partial charge is 0.266 e. The van der Waals surface area contributed by atoms with Gasteiger partial charge in [-0.25, -0.2) is 9.50 Å². The van der Waals surface area contributed by atoms with Crippen LogP contribution in [0.25, 0.3) is 16.9 Å². The maximum atomic E-state index is 12.5. The summed E-state index contributed by atoms with van der Waals surface area (Å²) in [5.41, 5.74) is 3.73. The van der Waals surface area contributed by atoms with Crippen LogP contribution in [0.4, 0.5) is 8.78 Å². The number of likely N-dealkylation sites (tertiary alicyclic amines) is 1. The first-order valence-corrected chi connectivity index (χ1v) is 9.23. The molecule has 4 rings (SSSR count). The molecule has 3 aromatic rings. The Balaban J connectivity index is 1.68. The topological polar surface area (TPSA) is 33.4 Å². The molecule has 0 aliphatic carbocycles. The minimum Gasteiger partial charge on any atom is -0.298 e. The number of nitrogens with zero attached hydrogens (tertiary/aromatic N) is 4. The monoisotopic (exact) mass is 418 g/mol. The summed E-state index contributed by atoms with van der Waals surface area (Å²) >= 11 is 3.46. The van der Waals surface area contributed by atoms with Gasteiger partial charge in [-0.2, -0.15) is 13.9 Å². The standard InChI is InChI=1S/C19H17BrF2N4/c20-15-4-2-14(3-5-15)18-16(19-23-7-1-8-26(19)24-18)12-25-9-6-13(11-25)10-17(21)22/h1-5,7-8,10,13H,6,9,11-12H2. The zero-order valence-electron chi connectivity index (χ0n) is 13.9. The number of aromatic nitrogens is 3. The molecule has 0 radical (unpaired) electrons. The number of fused-ring (bicyclic) bond motifs is 1. The first-order chi connectivity index (χ1) is 12.6. The van der Waals surface area contributed by atoms with Gasteiger partial charge in [-0.1, -0.05) is 28.1 Å². The lowest BCUT2D eigenvalue weighted by molar-refractivity contribution is 0.323. The third kappa shape index (κ3) is 3.54. The van der Waals surface area contributed by atoms with Crippen LogP contribution in [0.1, 0.15) is 12.0 Å². The Morgan fingerprint density at radius 2 is 2.08 bits per heavy atom. The van der Waals surface area contributed by atoms with E-state index in [-0.39, 0.29) is 5.92 Å². The first kappa shape index (κ1) is 17.3. The molecule has 0 amide bonds. The number of halogens is 3. The fourth-order valence-electron chi connectivity index (χ4n) is 3.46. The summed E-state index contributed by atoms with van der Waals surface area (Å²) in [6.07, 6.45) is 3.86. The minimum atomic E-state index is -1.59. The molecule has 1 aliphatic rings. The van der Waals surface area contributed by atoms with Crippen LogP contribution in [0, 0.1) is 5.92 Å². The summed E-state index contributed by atoms with van der Waals surface area (Å²) in [5.74, 6) is -0.0917. The molecule has 1 atom stereocenters. The van der Waals surface area contributed by atoms with Crippen molar-refractivity contribution in [2.24, 2.45) is 5.92 Å². The fraction of sp³-hybridized carbons (Fsp3) is 0.263. The molecule has 1 unspecified atom stereocenters. The number of hydrogen-bond donors (Lipinski definition) is 0. The van der Waals surface area contributed by atoms with Gasteiger partial charge in [0.25, 0.3) is 6.08 Å². The summed E-state index contributed by atoms with van der Waals surface area (Å²) in [7, 11) is 0. The second-order valence-electron chi connectivity index (χ2n) is 6.46. The molecule has 7 heteroatoms. The predicted molar refractivity (Wildman–Crippen MR) is 99.8 cm³/mol. The third-order valence-corrected chi connectivity index (χ3v) is 5.19. The first-order valence-electron chi connectivity index (χ1n) is 8.43. The van der Waals surface area contributed by atoms with Crippen LogP contribution < -0.4 is 0 Å². The van der Waals surface area contributed by atoms with E-state index in [4.69, 9.17) is 5.10 Å². The van der Waals surface area contributed by atoms with Gasteiger partial charge in [0.2, 0.25) is 0 Å². The van der Waals surface area contributed by atoms with E-state index in [9.17, 15) is 8.78 Å². The van der Waals surface area contributed by atoms with Gasteiger partial charge in [-0.05, 0) is 43.2 Å². The Labute approximate surface area is 158 Å². The van der Waals surface area contributed by atoms with Crippen LogP contribution in [0.3, 0.4) is 0 Å². The van der Waals surface area contributed by atoms with Crippen molar-refractivity contribution in [3.63, 3.8) is 0 Å². The van der Waals surface area contributed by atoms with Crippen molar-refractivity contribution in [3.05, 3.63) is 64.9 Å². The lowest BCUT2D eigenvalue weighted by atomic mass is 10.1. The van der Waals surface area contributed by atoms with Crippen LogP contribution >= 0.6 is 15.9 Å². The molecule has 2 aromatic heterocycles. The zero-order valence-corrected chi connectivity index (χ0v) is 15.5. The maximum Gasteiger partial charge on any atom is 0.266 e. The van der Waals surface area contributed by atoms with Gasteiger partial charge in [0, 0.05) is 41.1 Å². The lowest BCUT2D eigenvalue weighted by Gasteiger charge is -2.15. The summed E-state index contributed by atoms with van der Waals surface area (Å²) in [4.78, 5) is 6.68. The molecule has 0 bridgehead atoms. The van der Waals surface area contributed by atoms with Gasteiger partial charge in [-0.3, -0.25) is 4.90 Å². The largest absolute Gasteiger partial charge is 0.298 e. The molecule has 1 fully saturated rings. The van der Waals surface area contributed by atoms with E-state index in [2.05, 4.69) is 25.8 Å². The van der Waals surface area contributed by atoms with Gasteiger partial charge in [0.1, 0.15) is 0 Å². The molecule has 1 saturated heterocycles. The van der Waals surface area contributed by atoms with Crippen LogP contribution in [0.15, 0.2) is 59.4 Å². The fourth-order valence-corrected chi connectivity index (χ4v) is 3.73. The molecule has 0 N–H and O–H groups in total. The molecule has 1 aliphatic heterocycles. The SMILES string of the molecule is FC(F)=CC1CCN(Cc2c(-c3ccc(Br)cc3)nn3cccnc23)C1. The third-order valence-electron chi connectivity index (χ3n) is 4.66.